The molecule has 1 unspecified atom stereocenters. The second kappa shape index (κ2) is 16.2. The first-order valence-electron chi connectivity index (χ1n) is 17.8. The molecular weight excluding hydrogens is 745 g/mol. The van der Waals surface area contributed by atoms with Crippen molar-refractivity contribution in [2.75, 3.05) is 55.7 Å². The topological polar surface area (TPSA) is 129 Å². The molecule has 0 saturated carbocycles. The van der Waals surface area contributed by atoms with Crippen molar-refractivity contribution in [1.82, 2.24) is 16.0 Å². The fraction of sp³-hybridized carbons (Fsp3) is 0.300. The van der Waals surface area contributed by atoms with Gasteiger partial charge in [-0.3, -0.25) is 19.2 Å². The normalized spacial score (nSPS) is 18.0. The van der Waals surface area contributed by atoms with E-state index in [1.807, 2.05) is 72.8 Å². The molecule has 1 saturated heterocycles. The van der Waals surface area contributed by atoms with Crippen LogP contribution in [0.3, 0.4) is 0 Å². The molecule has 4 aromatic rings. The van der Waals surface area contributed by atoms with Crippen molar-refractivity contribution in [3.8, 4) is 44.9 Å². The summed E-state index contributed by atoms with van der Waals surface area (Å²) in [6.45, 7) is 3.87. The molecule has 4 amide bonds. The van der Waals surface area contributed by atoms with Gasteiger partial charge in [-0.2, -0.15) is 0 Å². The number of hydrogen-bond donors (Lipinski definition) is 3. The third-order valence-corrected chi connectivity index (χ3v) is 11.3. The van der Waals surface area contributed by atoms with E-state index in [4.69, 9.17) is 32.7 Å². The number of ether oxygens (including phenoxy) is 2. The fourth-order valence-corrected chi connectivity index (χ4v) is 8.14. The van der Waals surface area contributed by atoms with Crippen molar-refractivity contribution in [2.45, 2.75) is 25.4 Å². The van der Waals surface area contributed by atoms with Gasteiger partial charge < -0.3 is 35.2 Å². The van der Waals surface area contributed by atoms with Crippen molar-refractivity contribution in [3.63, 3.8) is 0 Å². The highest BCUT2D eigenvalue weighted by atomic mass is 35.5. The Balaban J connectivity index is 1.12. The molecule has 0 spiro atoms. The zero-order valence-corrected chi connectivity index (χ0v) is 32.1. The van der Waals surface area contributed by atoms with Gasteiger partial charge in [0.15, 0.2) is 13.2 Å². The van der Waals surface area contributed by atoms with E-state index in [0.29, 0.717) is 78.5 Å². The predicted molar refractivity (Wildman–Crippen MR) is 210 cm³/mol. The summed E-state index contributed by atoms with van der Waals surface area (Å²) in [5.74, 6) is 0.850. The number of carbonyl (C=O) groups is 4. The lowest BCUT2D eigenvalue weighted by Gasteiger charge is -2.36. The van der Waals surface area contributed by atoms with Crippen molar-refractivity contribution in [2.24, 2.45) is 5.92 Å². The van der Waals surface area contributed by atoms with Gasteiger partial charge >= 0.3 is 0 Å². The van der Waals surface area contributed by atoms with Crippen LogP contribution in [0.15, 0.2) is 72.8 Å². The number of fused-ring (bicyclic) bond motifs is 2. The number of benzene rings is 4. The maximum atomic E-state index is 13.0. The molecule has 3 aliphatic rings. The highest BCUT2D eigenvalue weighted by Crippen LogP contribution is 2.45. The Hall–Kier alpha value is -4.88. The van der Waals surface area contributed by atoms with Gasteiger partial charge in [-0.05, 0) is 47.7 Å². The number of piperidine rings is 1. The molecular formula is C40H38Cl2N5O6Si. The van der Waals surface area contributed by atoms with Crippen LogP contribution in [0.1, 0.15) is 19.8 Å². The van der Waals surface area contributed by atoms with Gasteiger partial charge in [0.25, 0.3) is 11.8 Å². The summed E-state index contributed by atoms with van der Waals surface area (Å²) in [6, 6.07) is 23.0. The number of nitrogens with zero attached hydrogens (tertiary/aromatic N) is 2. The first-order valence-corrected chi connectivity index (χ1v) is 19.1. The number of rotatable bonds is 11. The van der Waals surface area contributed by atoms with Gasteiger partial charge in [0.2, 0.25) is 11.8 Å². The van der Waals surface area contributed by atoms with E-state index in [1.54, 1.807) is 9.80 Å². The Morgan fingerprint density at radius 2 is 1.35 bits per heavy atom. The number of halogens is 2. The Morgan fingerprint density at radius 3 is 1.93 bits per heavy atom. The average molecular weight is 784 g/mol. The van der Waals surface area contributed by atoms with Gasteiger partial charge in [0, 0.05) is 74.0 Å². The number of nitrogens with one attached hydrogen (secondary N) is 3. The first kappa shape index (κ1) is 37.4. The third kappa shape index (κ3) is 7.83. The second-order valence-electron chi connectivity index (χ2n) is 13.4. The molecule has 3 heterocycles. The van der Waals surface area contributed by atoms with Crippen LogP contribution in [-0.2, 0) is 19.2 Å². The Bertz CT molecular complexity index is 2130. The van der Waals surface area contributed by atoms with Crippen LogP contribution in [-0.4, -0.2) is 85.5 Å². The Morgan fingerprint density at radius 1 is 0.796 bits per heavy atom. The van der Waals surface area contributed by atoms with Crippen molar-refractivity contribution >= 4 is 68.4 Å². The molecule has 2 atom stereocenters. The zero-order chi connectivity index (χ0) is 37.9. The molecule has 0 aliphatic carbocycles. The molecule has 0 aromatic heterocycles. The number of amides is 4. The van der Waals surface area contributed by atoms with E-state index in [0.717, 1.165) is 33.4 Å². The quantitative estimate of drug-likeness (QED) is 0.141. The molecule has 0 bridgehead atoms. The van der Waals surface area contributed by atoms with Crippen LogP contribution in [0.25, 0.3) is 33.4 Å². The monoisotopic (exact) mass is 782 g/mol. The first-order chi connectivity index (χ1) is 26.1. The molecule has 7 rings (SSSR count). The van der Waals surface area contributed by atoms with E-state index in [-0.39, 0.29) is 48.4 Å². The van der Waals surface area contributed by atoms with Crippen LogP contribution in [0.5, 0.6) is 11.5 Å². The van der Waals surface area contributed by atoms with E-state index in [9.17, 15) is 19.2 Å². The lowest BCUT2D eigenvalue weighted by atomic mass is 9.95. The maximum absolute atomic E-state index is 13.0. The van der Waals surface area contributed by atoms with E-state index in [1.165, 1.54) is 6.92 Å². The smallest absolute Gasteiger partial charge is 0.265 e. The summed E-state index contributed by atoms with van der Waals surface area (Å²) in [5, 5.41) is 9.92. The van der Waals surface area contributed by atoms with Gasteiger partial charge in [0.05, 0.1) is 31.7 Å². The van der Waals surface area contributed by atoms with E-state index >= 15 is 0 Å². The van der Waals surface area contributed by atoms with E-state index in [2.05, 4.69) is 26.2 Å². The van der Waals surface area contributed by atoms with Crippen molar-refractivity contribution in [3.05, 3.63) is 82.8 Å². The van der Waals surface area contributed by atoms with Crippen molar-refractivity contribution < 1.29 is 28.7 Å². The largest absolute Gasteiger partial charge is 0.482 e. The van der Waals surface area contributed by atoms with Crippen LogP contribution in [0.4, 0.5) is 11.4 Å². The van der Waals surface area contributed by atoms with Crippen LogP contribution in [0.2, 0.25) is 10.0 Å². The van der Waals surface area contributed by atoms with Gasteiger partial charge in [-0.1, -0.05) is 71.7 Å². The number of hydrogen-bond acceptors (Lipinski definition) is 7. The lowest BCUT2D eigenvalue weighted by molar-refractivity contribution is -0.123. The van der Waals surface area contributed by atoms with Crippen LogP contribution in [0, 0.1) is 5.92 Å². The molecule has 4 aromatic carbocycles. The summed E-state index contributed by atoms with van der Waals surface area (Å²) in [6.07, 6.45) is 1.09. The minimum atomic E-state index is -0.222. The number of carbonyl (C=O) groups excluding carboxylic acids is 4. The average Bonchev–Trinajstić information content (AvgIpc) is 3.15. The maximum Gasteiger partial charge on any atom is 0.265 e. The predicted octanol–water partition coefficient (Wildman–Crippen LogP) is 5.19. The molecule has 3 radical (unpaired) electrons. The van der Waals surface area contributed by atoms with Crippen LogP contribution < -0.4 is 35.2 Å². The summed E-state index contributed by atoms with van der Waals surface area (Å²) >= 11 is 14.3. The van der Waals surface area contributed by atoms with Crippen molar-refractivity contribution in [1.29, 1.82) is 0 Å². The highest BCUT2D eigenvalue weighted by Gasteiger charge is 2.33. The van der Waals surface area contributed by atoms with Gasteiger partial charge in [-0.15, -0.1) is 0 Å². The zero-order valence-electron chi connectivity index (χ0n) is 29.5. The molecule has 11 nitrogen and oxygen atoms in total. The Labute approximate surface area is 326 Å². The van der Waals surface area contributed by atoms with Gasteiger partial charge in [0.1, 0.15) is 11.5 Å². The second-order valence-corrected chi connectivity index (χ2v) is 14.8. The Kier molecular flexibility index (Phi) is 11.3. The van der Waals surface area contributed by atoms with Crippen LogP contribution >= 0.6 is 23.2 Å². The third-order valence-electron chi connectivity index (χ3n) is 9.85. The molecule has 54 heavy (non-hydrogen) atoms. The fourth-order valence-electron chi connectivity index (χ4n) is 7.04. The summed E-state index contributed by atoms with van der Waals surface area (Å²) in [5.41, 5.74) is 5.82. The lowest BCUT2D eigenvalue weighted by Crippen LogP contribution is -2.51. The summed E-state index contributed by atoms with van der Waals surface area (Å²) in [7, 11) is 3.62. The van der Waals surface area contributed by atoms with Gasteiger partial charge in [-0.25, -0.2) is 0 Å². The minimum absolute atomic E-state index is 0.00590. The minimum Gasteiger partial charge on any atom is -0.482 e. The number of anilines is 2. The van der Waals surface area contributed by atoms with E-state index < -0.39 is 0 Å². The standard InChI is InChI=1S/C40H38Cl2N5O6Si/c1-23(48)44-15-14-43-16-17-46-31-11-8-24(18-33(31)52-21-36(46)50)27-4-2-6-29(38(27)41)30-7-3-5-28(39(30)42)25-9-12-32-34(19-25)53-22-37(51)47(32)20-26-10-13-35(49)45-40(26)54/h2-9,11-12,18-19,26,40,43H,10,13-17,20-22H2,1H3,(H,44,48)(H,45,49)/t26-,40?/m0/s1. The molecule has 277 valence electrons. The molecule has 14 heteroatoms. The molecule has 1 fully saturated rings. The summed E-state index contributed by atoms with van der Waals surface area (Å²) in [4.78, 5) is 52.1. The SMILES string of the molecule is CC(=O)NCCNCCN1C(=O)COc2cc(-c3cccc(-c4cccc(-c5ccc6c(c5)OCC(=O)N6C[C@@H]5CCC(=O)NC5[Si])c4Cl)c3Cl)ccc21. The highest BCUT2D eigenvalue weighted by molar-refractivity contribution is 6.39. The molecule has 3 N–H and O–H groups in total. The molecule has 3 aliphatic heterocycles. The summed E-state index contributed by atoms with van der Waals surface area (Å²) < 4.78 is 11.8.